The molecule has 3 rings (SSSR count). The van der Waals surface area contributed by atoms with Crippen molar-refractivity contribution in [1.29, 1.82) is 0 Å². The first kappa shape index (κ1) is 86.7. The third-order valence-electron chi connectivity index (χ3n) is 17.8. The highest BCUT2D eigenvalue weighted by molar-refractivity contribution is 5.76. The van der Waals surface area contributed by atoms with Crippen LogP contribution in [0.1, 0.15) is 239 Å². The van der Waals surface area contributed by atoms with Gasteiger partial charge in [-0.3, -0.25) is 4.79 Å². The number of hydrogen-bond donors (Lipinski definition) is 12. The minimum absolute atomic E-state index is 0.149. The zero-order chi connectivity index (χ0) is 69.6. The van der Waals surface area contributed by atoms with E-state index in [1.165, 1.54) is 135 Å². The molecule has 1 amide bonds. The number of unbranched alkanes of at least 4 members (excludes halogenated alkanes) is 24. The number of allylic oxidation sites excluding steroid dienone is 17. The predicted molar refractivity (Wildman–Crippen MR) is 378 cm³/mol. The molecule has 17 unspecified atom stereocenters. The summed E-state index contributed by atoms with van der Waals surface area (Å²) in [7, 11) is 0. The van der Waals surface area contributed by atoms with Crippen LogP contribution < -0.4 is 5.32 Å². The maximum atomic E-state index is 13.4. The second-order valence-electron chi connectivity index (χ2n) is 26.0. The zero-order valence-electron chi connectivity index (χ0n) is 58.6. The molecule has 552 valence electrons. The van der Waals surface area contributed by atoms with Gasteiger partial charge in [0.15, 0.2) is 18.9 Å². The van der Waals surface area contributed by atoms with Crippen LogP contribution in [-0.2, 0) is 33.2 Å². The number of ether oxygens (including phenoxy) is 6. The standard InChI is InChI=1S/C77H131NO18/c1-3-5-7-9-11-13-15-17-19-21-23-25-27-28-29-30-31-33-34-36-38-40-42-44-46-48-50-52-54-61(82)60(78-65(83)55-53-51-49-47-45-43-41-39-37-35-32-26-24-22-20-18-16-14-12-10-8-6-4-2)59-91-75-71(89)68(86)73(63(57-80)93-75)96-77-72(90)69(87)74(64(58-81)94-77)95-76-70(88)67(85)66(84)62(56-79)92-76/h6,8,12,14,18,20,24,26,35,37,41,43-44,46-47,49,52,54,60-64,66-77,79-82,84-90H,3-5,7,9-11,13,15-17,19,21-23,25,27-34,36,38-40,42,45,48,50-51,53,55-59H2,1-2H3,(H,78,83)/b8-6-,14-12-,20-18-,26-24-,37-35-,43-41-,46-44+,49-47-,54-52+. The fourth-order valence-electron chi connectivity index (χ4n) is 11.8. The van der Waals surface area contributed by atoms with Gasteiger partial charge in [-0.25, -0.2) is 0 Å². The summed E-state index contributed by atoms with van der Waals surface area (Å²) in [4.78, 5) is 13.4. The fraction of sp³-hybridized carbons (Fsp3) is 0.753. The van der Waals surface area contributed by atoms with E-state index in [9.17, 15) is 61.0 Å². The van der Waals surface area contributed by atoms with Crippen LogP contribution in [0.2, 0.25) is 0 Å². The number of hydrogen-bond acceptors (Lipinski definition) is 18. The highest BCUT2D eigenvalue weighted by atomic mass is 16.8. The lowest BCUT2D eigenvalue weighted by atomic mass is 9.96. The Labute approximate surface area is 576 Å². The van der Waals surface area contributed by atoms with Gasteiger partial charge < -0.3 is 89.9 Å². The molecule has 0 spiro atoms. The fourth-order valence-corrected chi connectivity index (χ4v) is 11.8. The lowest BCUT2D eigenvalue weighted by Gasteiger charge is -2.48. The van der Waals surface area contributed by atoms with Crippen LogP contribution in [0.3, 0.4) is 0 Å². The second-order valence-corrected chi connectivity index (χ2v) is 26.0. The number of rotatable bonds is 56. The summed E-state index contributed by atoms with van der Waals surface area (Å²) in [5.41, 5.74) is 0. The highest BCUT2D eigenvalue weighted by Gasteiger charge is 2.53. The molecule has 3 aliphatic heterocycles. The van der Waals surface area contributed by atoms with Crippen LogP contribution in [-0.4, -0.2) is 193 Å². The van der Waals surface area contributed by atoms with Gasteiger partial charge in [-0.2, -0.15) is 0 Å². The summed E-state index contributed by atoms with van der Waals surface area (Å²) in [6, 6.07) is -1.03. The summed E-state index contributed by atoms with van der Waals surface area (Å²) in [6.07, 6.45) is 50.8. The van der Waals surface area contributed by atoms with Crippen molar-refractivity contribution in [1.82, 2.24) is 5.32 Å². The molecular formula is C77H131NO18. The first-order chi connectivity index (χ1) is 46.8. The van der Waals surface area contributed by atoms with E-state index < -0.39 is 131 Å². The molecular weight excluding hydrogens is 1230 g/mol. The average Bonchev–Trinajstić information content (AvgIpc) is 0.788. The minimum atomic E-state index is -1.99. The molecule has 0 aromatic rings. The van der Waals surface area contributed by atoms with Gasteiger partial charge in [0.1, 0.15) is 73.2 Å². The van der Waals surface area contributed by atoms with Gasteiger partial charge in [0.05, 0.1) is 38.6 Å². The van der Waals surface area contributed by atoms with Gasteiger partial charge in [0.2, 0.25) is 5.91 Å². The van der Waals surface area contributed by atoms with Crippen molar-refractivity contribution in [3.63, 3.8) is 0 Å². The first-order valence-electron chi connectivity index (χ1n) is 37.1. The number of aliphatic hydroxyl groups excluding tert-OH is 11. The van der Waals surface area contributed by atoms with Gasteiger partial charge in [-0.05, 0) is 83.5 Å². The van der Waals surface area contributed by atoms with Crippen molar-refractivity contribution < 1.29 is 89.4 Å². The Kier molecular flexibility index (Phi) is 51.6. The minimum Gasteiger partial charge on any atom is -0.394 e. The van der Waals surface area contributed by atoms with Gasteiger partial charge >= 0.3 is 0 Å². The van der Waals surface area contributed by atoms with Crippen molar-refractivity contribution in [3.8, 4) is 0 Å². The van der Waals surface area contributed by atoms with Crippen molar-refractivity contribution in [2.45, 2.75) is 343 Å². The molecule has 12 N–H and O–H groups in total. The van der Waals surface area contributed by atoms with E-state index in [4.69, 9.17) is 28.4 Å². The Balaban J connectivity index is 1.45. The van der Waals surface area contributed by atoms with E-state index >= 15 is 0 Å². The van der Waals surface area contributed by atoms with E-state index in [-0.39, 0.29) is 12.3 Å². The van der Waals surface area contributed by atoms with Crippen molar-refractivity contribution >= 4 is 5.91 Å². The molecule has 0 aliphatic carbocycles. The number of carbonyl (C=O) groups excluding carboxylic acids is 1. The zero-order valence-corrected chi connectivity index (χ0v) is 58.6. The lowest BCUT2D eigenvalue weighted by molar-refractivity contribution is -0.379. The van der Waals surface area contributed by atoms with E-state index in [1.54, 1.807) is 6.08 Å². The number of aliphatic hydroxyl groups is 11. The monoisotopic (exact) mass is 1360 g/mol. The van der Waals surface area contributed by atoms with Crippen LogP contribution in [0.25, 0.3) is 0 Å². The SMILES string of the molecule is CC/C=C\C/C=C\C/C=C\C/C=C\C/C=C\C/C=C\C/C=C\CCCC(=O)NC(COC1OC(CO)C(OC2OC(CO)C(OC3OC(CO)C(O)C(O)C3O)C(O)C2O)C(O)C1O)C(O)/C=C/CC/C=C/CCCCCCCCCCCCCCCCCCCCCCCC. The number of nitrogens with one attached hydrogen (secondary N) is 1. The third-order valence-corrected chi connectivity index (χ3v) is 17.8. The molecule has 0 aromatic carbocycles. The number of carbonyl (C=O) groups is 1. The van der Waals surface area contributed by atoms with Crippen LogP contribution in [0, 0.1) is 0 Å². The Morgan fingerprint density at radius 2 is 0.729 bits per heavy atom. The Hall–Kier alpha value is -3.55. The molecule has 17 atom stereocenters. The van der Waals surface area contributed by atoms with Gasteiger partial charge in [0.25, 0.3) is 0 Å². The van der Waals surface area contributed by atoms with Gasteiger partial charge in [-0.15, -0.1) is 0 Å². The molecule has 3 fully saturated rings. The van der Waals surface area contributed by atoms with Crippen molar-refractivity contribution in [2.75, 3.05) is 26.4 Å². The highest BCUT2D eigenvalue weighted by Crippen LogP contribution is 2.33. The van der Waals surface area contributed by atoms with Crippen molar-refractivity contribution in [3.05, 3.63) is 109 Å². The van der Waals surface area contributed by atoms with Crippen LogP contribution >= 0.6 is 0 Å². The second kappa shape index (κ2) is 57.1. The Morgan fingerprint density at radius 1 is 0.385 bits per heavy atom. The molecule has 3 aliphatic rings. The summed E-state index contributed by atoms with van der Waals surface area (Å²) in [5, 5.41) is 121. The van der Waals surface area contributed by atoms with E-state index in [1.807, 2.05) is 12.2 Å². The number of amides is 1. The Bertz CT molecular complexity index is 2160. The van der Waals surface area contributed by atoms with Gasteiger partial charge in [-0.1, -0.05) is 258 Å². The Morgan fingerprint density at radius 3 is 1.17 bits per heavy atom. The summed E-state index contributed by atoms with van der Waals surface area (Å²) < 4.78 is 34.3. The quantitative estimate of drug-likeness (QED) is 0.0199. The molecule has 0 radical (unpaired) electrons. The van der Waals surface area contributed by atoms with E-state index in [2.05, 4.69) is 110 Å². The normalized spacial score (nSPS) is 27.7. The first-order valence-corrected chi connectivity index (χ1v) is 37.1. The molecule has 0 saturated carbocycles. The summed E-state index contributed by atoms with van der Waals surface area (Å²) in [6.45, 7) is 1.56. The van der Waals surface area contributed by atoms with Gasteiger partial charge in [0, 0.05) is 6.42 Å². The molecule has 3 heterocycles. The molecule has 3 saturated heterocycles. The molecule has 19 nitrogen and oxygen atoms in total. The molecule has 96 heavy (non-hydrogen) atoms. The van der Waals surface area contributed by atoms with Crippen LogP contribution in [0.5, 0.6) is 0 Å². The predicted octanol–water partition coefficient (Wildman–Crippen LogP) is 11.0. The smallest absolute Gasteiger partial charge is 0.220 e. The largest absolute Gasteiger partial charge is 0.394 e. The lowest BCUT2D eigenvalue weighted by Crippen LogP contribution is -2.66. The average molecular weight is 1360 g/mol. The van der Waals surface area contributed by atoms with E-state index in [0.717, 1.165) is 64.2 Å². The third kappa shape index (κ3) is 37.8. The molecule has 19 heteroatoms. The summed E-state index contributed by atoms with van der Waals surface area (Å²) >= 11 is 0. The molecule has 0 bridgehead atoms. The van der Waals surface area contributed by atoms with Crippen molar-refractivity contribution in [2.24, 2.45) is 0 Å². The topological polar surface area (TPSA) is 307 Å². The van der Waals surface area contributed by atoms with Crippen LogP contribution in [0.15, 0.2) is 109 Å². The van der Waals surface area contributed by atoms with E-state index in [0.29, 0.717) is 19.3 Å². The molecule has 0 aromatic heterocycles. The van der Waals surface area contributed by atoms with Crippen LogP contribution in [0.4, 0.5) is 0 Å². The summed E-state index contributed by atoms with van der Waals surface area (Å²) in [5.74, 6) is -0.346. The maximum Gasteiger partial charge on any atom is 0.220 e. The maximum absolute atomic E-state index is 13.4.